The average Bonchev–Trinajstić information content (AvgIpc) is 2.40. The molecule has 0 aromatic heterocycles. The Kier molecular flexibility index (Phi) is 5.06. The van der Waals surface area contributed by atoms with E-state index in [-0.39, 0.29) is 17.1 Å². The summed E-state index contributed by atoms with van der Waals surface area (Å²) in [5, 5.41) is 0. The van der Waals surface area contributed by atoms with E-state index >= 15 is 0 Å². The number of benzene rings is 1. The van der Waals surface area contributed by atoms with Crippen LogP contribution in [0.1, 0.15) is 13.8 Å². The molecule has 1 saturated heterocycles. The number of hydrogen-bond acceptors (Lipinski definition) is 5. The number of nitrogens with zero attached hydrogens (tertiary/aromatic N) is 1. The molecule has 0 aliphatic carbocycles. The van der Waals surface area contributed by atoms with Crippen molar-refractivity contribution in [2.45, 2.75) is 18.6 Å². The molecular formula is C14H22N2O3S2. The quantitative estimate of drug-likeness (QED) is 0.834. The lowest BCUT2D eigenvalue weighted by Gasteiger charge is -2.36. The van der Waals surface area contributed by atoms with Gasteiger partial charge >= 0.3 is 0 Å². The largest absolute Gasteiger partial charge is 0.492 e. The van der Waals surface area contributed by atoms with E-state index in [0.717, 1.165) is 5.75 Å². The molecule has 2 rings (SSSR count). The number of hydrogen-bond donors (Lipinski definition) is 1. The maximum absolute atomic E-state index is 12.3. The van der Waals surface area contributed by atoms with E-state index in [2.05, 4.69) is 13.8 Å². The van der Waals surface area contributed by atoms with Gasteiger partial charge in [-0.05, 0) is 38.1 Å². The summed E-state index contributed by atoms with van der Waals surface area (Å²) < 4.78 is 31.7. The van der Waals surface area contributed by atoms with Gasteiger partial charge in [-0.15, -0.1) is 0 Å². The standard InChI is InChI=1S/C14H22N2O3S2/c1-14(2)11-16(7-9-20-14)21(17,18)10-8-19-13-5-3-12(15)4-6-13/h3-6H,7-11,15H2,1-2H3. The molecule has 118 valence electrons. The highest BCUT2D eigenvalue weighted by Crippen LogP contribution is 2.30. The minimum atomic E-state index is -3.26. The van der Waals surface area contributed by atoms with Gasteiger partial charge in [0.05, 0.1) is 5.75 Å². The van der Waals surface area contributed by atoms with Crippen molar-refractivity contribution in [2.24, 2.45) is 0 Å². The Bertz CT molecular complexity index is 570. The summed E-state index contributed by atoms with van der Waals surface area (Å²) in [4.78, 5) is 0. The Hall–Kier alpha value is -0.920. The first kappa shape index (κ1) is 16.5. The topological polar surface area (TPSA) is 72.6 Å². The molecule has 0 spiro atoms. The first-order valence-electron chi connectivity index (χ1n) is 6.89. The van der Waals surface area contributed by atoms with E-state index in [0.29, 0.717) is 24.5 Å². The number of nitrogens with two attached hydrogens (primary N) is 1. The smallest absolute Gasteiger partial charge is 0.217 e. The van der Waals surface area contributed by atoms with Crippen molar-refractivity contribution in [3.63, 3.8) is 0 Å². The van der Waals surface area contributed by atoms with E-state index in [9.17, 15) is 8.42 Å². The molecule has 0 radical (unpaired) electrons. The third-order valence-corrected chi connectivity index (χ3v) is 6.35. The molecule has 1 heterocycles. The van der Waals surface area contributed by atoms with Crippen LogP contribution in [0.2, 0.25) is 0 Å². The zero-order valence-electron chi connectivity index (χ0n) is 12.4. The van der Waals surface area contributed by atoms with Gasteiger partial charge in [0.25, 0.3) is 0 Å². The maximum atomic E-state index is 12.3. The van der Waals surface area contributed by atoms with Crippen LogP contribution in [0.15, 0.2) is 24.3 Å². The molecule has 21 heavy (non-hydrogen) atoms. The summed E-state index contributed by atoms with van der Waals surface area (Å²) in [6, 6.07) is 6.94. The number of nitrogen functional groups attached to an aromatic ring is 1. The molecule has 7 heteroatoms. The van der Waals surface area contributed by atoms with Gasteiger partial charge < -0.3 is 10.5 Å². The van der Waals surface area contributed by atoms with Crippen molar-refractivity contribution in [3.05, 3.63) is 24.3 Å². The predicted octanol–water partition coefficient (Wildman–Crippen LogP) is 1.80. The molecular weight excluding hydrogens is 308 g/mol. The maximum Gasteiger partial charge on any atom is 0.217 e. The van der Waals surface area contributed by atoms with Crippen LogP contribution < -0.4 is 10.5 Å². The summed E-state index contributed by atoms with van der Waals surface area (Å²) in [5.74, 6) is 1.47. The van der Waals surface area contributed by atoms with Gasteiger partial charge in [-0.25, -0.2) is 8.42 Å². The molecule has 0 amide bonds. The molecule has 1 fully saturated rings. The summed E-state index contributed by atoms with van der Waals surface area (Å²) in [6.07, 6.45) is 0. The normalized spacial score (nSPS) is 19.3. The molecule has 0 bridgehead atoms. The fraction of sp³-hybridized carbons (Fsp3) is 0.571. The lowest BCUT2D eigenvalue weighted by molar-refractivity contribution is 0.331. The zero-order valence-corrected chi connectivity index (χ0v) is 14.0. The van der Waals surface area contributed by atoms with Crippen LogP contribution in [-0.4, -0.2) is 48.7 Å². The second-order valence-corrected chi connectivity index (χ2v) is 9.57. The van der Waals surface area contributed by atoms with E-state index in [1.165, 1.54) is 0 Å². The first-order chi connectivity index (χ1) is 9.78. The summed E-state index contributed by atoms with van der Waals surface area (Å²) in [7, 11) is -3.26. The Morgan fingerprint density at radius 2 is 2.00 bits per heavy atom. The van der Waals surface area contributed by atoms with Crippen LogP contribution >= 0.6 is 11.8 Å². The fourth-order valence-electron chi connectivity index (χ4n) is 2.17. The highest BCUT2D eigenvalue weighted by Gasteiger charge is 2.33. The molecule has 1 aromatic rings. The van der Waals surface area contributed by atoms with Crippen LogP contribution in [-0.2, 0) is 10.0 Å². The van der Waals surface area contributed by atoms with Crippen LogP contribution in [0.4, 0.5) is 5.69 Å². The van der Waals surface area contributed by atoms with Gasteiger partial charge in [-0.3, -0.25) is 0 Å². The second kappa shape index (κ2) is 6.46. The fourth-order valence-corrected chi connectivity index (χ4v) is 4.92. The first-order valence-corrected chi connectivity index (χ1v) is 9.48. The lowest BCUT2D eigenvalue weighted by atomic mass is 10.2. The molecule has 2 N–H and O–H groups in total. The van der Waals surface area contributed by atoms with Crippen LogP contribution in [0.5, 0.6) is 5.75 Å². The third kappa shape index (κ3) is 4.79. The Labute approximate surface area is 130 Å². The highest BCUT2D eigenvalue weighted by atomic mass is 32.2. The summed E-state index contributed by atoms with van der Waals surface area (Å²) in [5.41, 5.74) is 6.24. The number of rotatable bonds is 5. The lowest BCUT2D eigenvalue weighted by Crippen LogP contribution is -2.47. The minimum absolute atomic E-state index is 0.00186. The van der Waals surface area contributed by atoms with E-state index in [4.69, 9.17) is 10.5 Å². The molecule has 5 nitrogen and oxygen atoms in total. The third-order valence-electron chi connectivity index (χ3n) is 3.27. The monoisotopic (exact) mass is 330 g/mol. The molecule has 0 atom stereocenters. The van der Waals surface area contributed by atoms with Crippen LogP contribution in [0.25, 0.3) is 0 Å². The zero-order chi connectivity index (χ0) is 15.5. The van der Waals surface area contributed by atoms with Crippen LogP contribution in [0.3, 0.4) is 0 Å². The SMILES string of the molecule is CC1(C)CN(S(=O)(=O)CCOc2ccc(N)cc2)CCS1. The van der Waals surface area contributed by atoms with Crippen molar-refractivity contribution < 1.29 is 13.2 Å². The summed E-state index contributed by atoms with van der Waals surface area (Å²) in [6.45, 7) is 5.44. The van der Waals surface area contributed by atoms with Crippen LogP contribution in [0, 0.1) is 0 Å². The number of ether oxygens (including phenoxy) is 1. The minimum Gasteiger partial charge on any atom is -0.492 e. The van der Waals surface area contributed by atoms with Gasteiger partial charge in [0, 0.05) is 29.3 Å². The van der Waals surface area contributed by atoms with Crippen molar-refractivity contribution in [1.29, 1.82) is 0 Å². The van der Waals surface area contributed by atoms with Gasteiger partial charge in [0.15, 0.2) is 0 Å². The van der Waals surface area contributed by atoms with E-state index < -0.39 is 10.0 Å². The predicted molar refractivity (Wildman–Crippen MR) is 88.2 cm³/mol. The van der Waals surface area contributed by atoms with Crippen molar-refractivity contribution in [1.82, 2.24) is 4.31 Å². The molecule has 0 saturated carbocycles. The number of sulfonamides is 1. The average molecular weight is 330 g/mol. The highest BCUT2D eigenvalue weighted by molar-refractivity contribution is 8.00. The summed E-state index contributed by atoms with van der Waals surface area (Å²) >= 11 is 1.81. The Balaban J connectivity index is 1.88. The molecule has 1 aromatic carbocycles. The molecule has 1 aliphatic rings. The van der Waals surface area contributed by atoms with E-state index in [1.807, 2.05) is 11.8 Å². The number of thioether (sulfide) groups is 1. The van der Waals surface area contributed by atoms with Gasteiger partial charge in [0.1, 0.15) is 12.4 Å². The second-order valence-electron chi connectivity index (χ2n) is 5.68. The number of anilines is 1. The van der Waals surface area contributed by atoms with Gasteiger partial charge in [0.2, 0.25) is 10.0 Å². The Morgan fingerprint density at radius 3 is 2.62 bits per heavy atom. The van der Waals surface area contributed by atoms with Gasteiger partial charge in [-0.1, -0.05) is 0 Å². The van der Waals surface area contributed by atoms with Gasteiger partial charge in [-0.2, -0.15) is 16.1 Å². The van der Waals surface area contributed by atoms with Crippen molar-refractivity contribution >= 4 is 27.5 Å². The molecule has 0 unspecified atom stereocenters. The van der Waals surface area contributed by atoms with Crippen molar-refractivity contribution in [2.75, 3.05) is 36.9 Å². The Morgan fingerprint density at radius 1 is 1.33 bits per heavy atom. The molecule has 1 aliphatic heterocycles. The van der Waals surface area contributed by atoms with Crippen molar-refractivity contribution in [3.8, 4) is 5.75 Å². The van der Waals surface area contributed by atoms with E-state index in [1.54, 1.807) is 28.6 Å².